The molecule has 0 unspecified atom stereocenters. The second-order valence-corrected chi connectivity index (χ2v) is 8.63. The molecule has 3 N–H and O–H groups in total. The van der Waals surface area contributed by atoms with Crippen molar-refractivity contribution in [2.24, 2.45) is 0 Å². The number of nitrogens with zero attached hydrogens (tertiary/aromatic N) is 5. The number of nitrogens with one attached hydrogen (secondary N) is 1. The molecule has 0 amide bonds. The number of nitrogens with two attached hydrogens (primary N) is 1. The van der Waals surface area contributed by atoms with Crippen molar-refractivity contribution < 1.29 is 0 Å². The topological polar surface area (TPSA) is 83.2 Å². The number of halogens is 1. The molecule has 34 heavy (non-hydrogen) atoms. The molecule has 8 heteroatoms. The van der Waals surface area contributed by atoms with Crippen LogP contribution in [0.4, 0.5) is 23.1 Å². The smallest absolute Gasteiger partial charge is 0.160 e. The van der Waals surface area contributed by atoms with Crippen LogP contribution in [0.1, 0.15) is 17.2 Å². The normalized spacial score (nSPS) is 14.4. The van der Waals surface area contributed by atoms with Gasteiger partial charge in [0.05, 0.1) is 11.1 Å². The van der Waals surface area contributed by atoms with Crippen molar-refractivity contribution in [2.45, 2.75) is 6.04 Å². The number of anilines is 4. The fourth-order valence-electron chi connectivity index (χ4n) is 4.39. The molecule has 1 saturated heterocycles. The van der Waals surface area contributed by atoms with Crippen molar-refractivity contribution in [1.29, 1.82) is 0 Å². The third kappa shape index (κ3) is 4.81. The molecule has 1 fully saturated rings. The molecule has 1 aliphatic heterocycles. The summed E-state index contributed by atoms with van der Waals surface area (Å²) in [6, 6.07) is 25.1. The van der Waals surface area contributed by atoms with Gasteiger partial charge in [-0.3, -0.25) is 4.90 Å². The van der Waals surface area contributed by atoms with Crippen LogP contribution in [0.15, 0.2) is 85.3 Å². The summed E-state index contributed by atoms with van der Waals surface area (Å²) in [5.41, 5.74) is 9.58. The number of rotatable bonds is 6. The molecule has 0 atom stereocenters. The van der Waals surface area contributed by atoms with Crippen LogP contribution < -0.4 is 16.0 Å². The van der Waals surface area contributed by atoms with Crippen molar-refractivity contribution >= 4 is 34.7 Å². The van der Waals surface area contributed by atoms with Crippen molar-refractivity contribution in [3.63, 3.8) is 0 Å². The van der Waals surface area contributed by atoms with Crippen LogP contribution in [0.2, 0.25) is 5.02 Å². The lowest BCUT2D eigenvalue weighted by Crippen LogP contribution is -2.48. The van der Waals surface area contributed by atoms with E-state index in [0.29, 0.717) is 22.3 Å². The van der Waals surface area contributed by atoms with E-state index in [-0.39, 0.29) is 6.04 Å². The van der Waals surface area contributed by atoms with Crippen LogP contribution in [0, 0.1) is 0 Å². The van der Waals surface area contributed by atoms with E-state index in [4.69, 9.17) is 17.3 Å². The standard InChI is InChI=1S/C26H26ClN7/c27-21-11-12-22(29-17-21)32-25-23(28)26(31-18-30-25)34-15-13-33(14-16-34)24(19-7-3-1-4-8-19)20-9-5-2-6-10-20/h1-12,17-18,24H,13-16,28H2,(H,29,30,31,32). The molecular formula is C26H26ClN7. The van der Waals surface area contributed by atoms with E-state index in [9.17, 15) is 0 Å². The highest BCUT2D eigenvalue weighted by Crippen LogP contribution is 2.32. The van der Waals surface area contributed by atoms with Crippen LogP contribution in [0.25, 0.3) is 0 Å². The van der Waals surface area contributed by atoms with Gasteiger partial charge in [-0.2, -0.15) is 0 Å². The molecule has 0 bridgehead atoms. The predicted molar refractivity (Wildman–Crippen MR) is 137 cm³/mol. The van der Waals surface area contributed by atoms with Crippen LogP contribution >= 0.6 is 11.6 Å². The first kappa shape index (κ1) is 22.1. The fourth-order valence-corrected chi connectivity index (χ4v) is 4.50. The lowest BCUT2D eigenvalue weighted by molar-refractivity contribution is 0.212. The Morgan fingerprint density at radius 1 is 0.794 bits per heavy atom. The summed E-state index contributed by atoms with van der Waals surface area (Å²) in [4.78, 5) is 17.8. The summed E-state index contributed by atoms with van der Waals surface area (Å²) in [5, 5.41) is 3.74. The van der Waals surface area contributed by atoms with E-state index in [1.54, 1.807) is 18.3 Å². The fraction of sp³-hybridized carbons (Fsp3) is 0.192. The Labute approximate surface area is 204 Å². The van der Waals surface area contributed by atoms with Gasteiger partial charge in [0.15, 0.2) is 11.6 Å². The maximum Gasteiger partial charge on any atom is 0.160 e. The van der Waals surface area contributed by atoms with Crippen LogP contribution in [0.3, 0.4) is 0 Å². The van der Waals surface area contributed by atoms with Crippen LogP contribution in [-0.2, 0) is 0 Å². The van der Waals surface area contributed by atoms with Gasteiger partial charge in [-0.05, 0) is 23.3 Å². The van der Waals surface area contributed by atoms with Gasteiger partial charge < -0.3 is 16.0 Å². The van der Waals surface area contributed by atoms with Crippen LogP contribution in [0.5, 0.6) is 0 Å². The number of pyridine rings is 1. The lowest BCUT2D eigenvalue weighted by Gasteiger charge is -2.40. The molecule has 2 aromatic carbocycles. The number of piperazine rings is 1. The SMILES string of the molecule is Nc1c(Nc2ccc(Cl)cn2)ncnc1N1CCN(C(c2ccccc2)c2ccccc2)CC1. The highest BCUT2D eigenvalue weighted by molar-refractivity contribution is 6.30. The molecule has 4 aromatic rings. The third-order valence-electron chi connectivity index (χ3n) is 6.05. The molecule has 0 aliphatic carbocycles. The first-order chi connectivity index (χ1) is 16.7. The van der Waals surface area contributed by atoms with E-state index < -0.39 is 0 Å². The Bertz CT molecular complexity index is 1170. The van der Waals surface area contributed by atoms with Gasteiger partial charge in [-0.15, -0.1) is 0 Å². The Kier molecular flexibility index (Phi) is 6.56. The van der Waals surface area contributed by atoms with Gasteiger partial charge >= 0.3 is 0 Å². The average Bonchev–Trinajstić information content (AvgIpc) is 2.89. The summed E-state index contributed by atoms with van der Waals surface area (Å²) in [6.45, 7) is 3.41. The maximum absolute atomic E-state index is 6.47. The molecule has 0 spiro atoms. The highest BCUT2D eigenvalue weighted by atomic mass is 35.5. The zero-order valence-electron chi connectivity index (χ0n) is 18.7. The molecule has 1 aliphatic rings. The maximum atomic E-state index is 6.47. The number of nitrogen functional groups attached to an aromatic ring is 1. The zero-order valence-corrected chi connectivity index (χ0v) is 19.4. The van der Waals surface area contributed by atoms with Gasteiger partial charge in [0.1, 0.15) is 17.8 Å². The van der Waals surface area contributed by atoms with Gasteiger partial charge in [0.2, 0.25) is 0 Å². The molecule has 0 radical (unpaired) electrons. The van der Waals surface area contributed by atoms with Crippen molar-refractivity contribution in [3.8, 4) is 0 Å². The Hall–Kier alpha value is -3.68. The molecule has 7 nitrogen and oxygen atoms in total. The molecule has 3 heterocycles. The first-order valence-electron chi connectivity index (χ1n) is 11.3. The predicted octanol–water partition coefficient (Wildman–Crippen LogP) is 4.76. The summed E-state index contributed by atoms with van der Waals surface area (Å²) >= 11 is 5.93. The first-order valence-corrected chi connectivity index (χ1v) is 11.6. The number of hydrogen-bond acceptors (Lipinski definition) is 7. The summed E-state index contributed by atoms with van der Waals surface area (Å²) in [6.07, 6.45) is 3.12. The second-order valence-electron chi connectivity index (χ2n) is 8.19. The average molecular weight is 472 g/mol. The molecule has 2 aromatic heterocycles. The minimum absolute atomic E-state index is 0.209. The van der Waals surface area contributed by atoms with E-state index >= 15 is 0 Å². The van der Waals surface area contributed by atoms with E-state index in [2.05, 4.69) is 90.7 Å². The minimum atomic E-state index is 0.209. The number of aromatic nitrogens is 3. The molecular weight excluding hydrogens is 446 g/mol. The van der Waals surface area contributed by atoms with Crippen molar-refractivity contribution in [1.82, 2.24) is 19.9 Å². The van der Waals surface area contributed by atoms with Gasteiger partial charge in [0.25, 0.3) is 0 Å². The number of benzene rings is 2. The second kappa shape index (κ2) is 10.1. The number of hydrogen-bond donors (Lipinski definition) is 2. The van der Waals surface area contributed by atoms with Gasteiger partial charge in [0, 0.05) is 32.4 Å². The zero-order chi connectivity index (χ0) is 23.3. The molecule has 172 valence electrons. The monoisotopic (exact) mass is 471 g/mol. The van der Waals surface area contributed by atoms with Gasteiger partial charge in [-0.1, -0.05) is 72.3 Å². The highest BCUT2D eigenvalue weighted by Gasteiger charge is 2.28. The van der Waals surface area contributed by atoms with E-state index in [0.717, 1.165) is 32.0 Å². The lowest BCUT2D eigenvalue weighted by atomic mass is 9.96. The summed E-state index contributed by atoms with van der Waals surface area (Å²) in [5.74, 6) is 1.90. The van der Waals surface area contributed by atoms with Crippen molar-refractivity contribution in [2.75, 3.05) is 42.1 Å². The summed E-state index contributed by atoms with van der Waals surface area (Å²) in [7, 11) is 0. The van der Waals surface area contributed by atoms with E-state index in [1.165, 1.54) is 17.5 Å². The van der Waals surface area contributed by atoms with E-state index in [1.807, 2.05) is 0 Å². The minimum Gasteiger partial charge on any atom is -0.393 e. The quantitative estimate of drug-likeness (QED) is 0.419. The van der Waals surface area contributed by atoms with Gasteiger partial charge in [-0.25, -0.2) is 15.0 Å². The van der Waals surface area contributed by atoms with Crippen molar-refractivity contribution in [3.05, 3.63) is 101 Å². The Morgan fingerprint density at radius 2 is 1.44 bits per heavy atom. The van der Waals surface area contributed by atoms with Crippen LogP contribution in [-0.4, -0.2) is 46.0 Å². The molecule has 0 saturated carbocycles. The molecule has 5 rings (SSSR count). The largest absolute Gasteiger partial charge is 0.393 e. The Morgan fingerprint density at radius 3 is 2.03 bits per heavy atom. The third-order valence-corrected chi connectivity index (χ3v) is 6.27. The summed E-state index contributed by atoms with van der Waals surface area (Å²) < 4.78 is 0. The Balaban J connectivity index is 1.33.